The average Bonchev–Trinajstić information content (AvgIpc) is 3.29. The number of fused-ring (bicyclic) bond motifs is 3. The van der Waals surface area contributed by atoms with E-state index >= 15 is 0 Å². The first kappa shape index (κ1) is 20.1. The van der Waals surface area contributed by atoms with Crippen molar-refractivity contribution in [3.05, 3.63) is 80.4 Å². The molecule has 3 atom stereocenters. The highest BCUT2D eigenvalue weighted by atomic mass is 35.5. The number of allylic oxidation sites excluding steroid dienone is 2. The number of halogens is 1. The molecule has 2 heterocycles. The number of piperidine rings is 1. The van der Waals surface area contributed by atoms with E-state index < -0.39 is 4.92 Å². The van der Waals surface area contributed by atoms with Crippen LogP contribution >= 0.6 is 11.6 Å². The van der Waals surface area contributed by atoms with Gasteiger partial charge in [-0.05, 0) is 49.3 Å². The number of para-hydroxylation sites is 1. The monoisotopic (exact) mass is 437 g/mol. The molecule has 31 heavy (non-hydrogen) atoms. The molecule has 1 N–H and O–H groups in total. The van der Waals surface area contributed by atoms with Crippen molar-refractivity contribution in [2.45, 2.75) is 37.6 Å². The molecule has 1 amide bonds. The third kappa shape index (κ3) is 3.49. The topological polar surface area (TPSA) is 75.5 Å². The first-order valence-electron chi connectivity index (χ1n) is 10.8. The van der Waals surface area contributed by atoms with Crippen LogP contribution in [0.4, 0.5) is 11.4 Å². The van der Waals surface area contributed by atoms with Crippen molar-refractivity contribution in [3.8, 4) is 0 Å². The second kappa shape index (κ2) is 8.00. The Labute approximate surface area is 186 Å². The number of nitrogens with one attached hydrogen (secondary N) is 1. The summed E-state index contributed by atoms with van der Waals surface area (Å²) < 4.78 is 0. The molecular weight excluding hydrogens is 414 g/mol. The fraction of sp³-hybridized carbons (Fsp3) is 0.375. The van der Waals surface area contributed by atoms with Crippen molar-refractivity contribution in [2.75, 3.05) is 18.4 Å². The van der Waals surface area contributed by atoms with Gasteiger partial charge in [0, 0.05) is 41.7 Å². The lowest BCUT2D eigenvalue weighted by Crippen LogP contribution is -2.37. The number of carbonyl (C=O) groups excluding carboxylic acids is 1. The Hall–Kier alpha value is -2.86. The van der Waals surface area contributed by atoms with Crippen molar-refractivity contribution in [1.82, 2.24) is 4.90 Å². The van der Waals surface area contributed by atoms with Gasteiger partial charge in [0.1, 0.15) is 0 Å². The van der Waals surface area contributed by atoms with Gasteiger partial charge in [-0.2, -0.15) is 0 Å². The van der Waals surface area contributed by atoms with E-state index in [4.69, 9.17) is 11.6 Å². The summed E-state index contributed by atoms with van der Waals surface area (Å²) in [4.78, 5) is 26.3. The summed E-state index contributed by atoms with van der Waals surface area (Å²) in [6, 6.07) is 10.3. The van der Waals surface area contributed by atoms with Crippen LogP contribution in [0.5, 0.6) is 0 Å². The van der Waals surface area contributed by atoms with Gasteiger partial charge in [-0.15, -0.1) is 0 Å². The quantitative estimate of drug-likeness (QED) is 0.379. The standard InChI is InChI=1S/C24H24ClN3O3/c25-21-11-10-15(28(30)31)14-20(21)23-18-7-4-6-16(18)17-8-5-9-19(22(17)26-23)24(29)27-12-2-1-3-13-27/h4-6,8-11,14,16,18,23,26H,1-3,7,12-13H2. The van der Waals surface area contributed by atoms with Gasteiger partial charge in [0.15, 0.2) is 0 Å². The number of hydrogen-bond acceptors (Lipinski definition) is 4. The number of nitro benzene ring substituents is 1. The highest BCUT2D eigenvalue weighted by Crippen LogP contribution is 2.52. The minimum absolute atomic E-state index is 0.0205. The van der Waals surface area contributed by atoms with Crippen LogP contribution in [-0.4, -0.2) is 28.8 Å². The van der Waals surface area contributed by atoms with Crippen LogP contribution in [0.1, 0.15) is 59.1 Å². The molecule has 1 aliphatic carbocycles. The average molecular weight is 438 g/mol. The van der Waals surface area contributed by atoms with Gasteiger partial charge < -0.3 is 10.2 Å². The van der Waals surface area contributed by atoms with E-state index in [0.717, 1.165) is 50.0 Å². The molecule has 6 nitrogen and oxygen atoms in total. The zero-order chi connectivity index (χ0) is 21.5. The fourth-order valence-corrected chi connectivity index (χ4v) is 5.49. The number of carbonyl (C=O) groups is 1. The first-order chi connectivity index (χ1) is 15.0. The van der Waals surface area contributed by atoms with Crippen molar-refractivity contribution in [3.63, 3.8) is 0 Å². The number of rotatable bonds is 3. The van der Waals surface area contributed by atoms with Gasteiger partial charge >= 0.3 is 0 Å². The third-order valence-electron chi connectivity index (χ3n) is 6.80. The summed E-state index contributed by atoms with van der Waals surface area (Å²) in [5, 5.41) is 15.5. The van der Waals surface area contributed by atoms with Crippen molar-refractivity contribution < 1.29 is 9.72 Å². The molecule has 7 heteroatoms. The smallest absolute Gasteiger partial charge is 0.269 e. The Bertz CT molecular complexity index is 1080. The summed E-state index contributed by atoms with van der Waals surface area (Å²) in [6.07, 6.45) is 8.43. The molecular formula is C24H24ClN3O3. The van der Waals surface area contributed by atoms with Crippen molar-refractivity contribution >= 4 is 28.9 Å². The molecule has 0 bridgehead atoms. The van der Waals surface area contributed by atoms with Gasteiger partial charge in [0.25, 0.3) is 11.6 Å². The van der Waals surface area contributed by atoms with Crippen LogP contribution in [0.3, 0.4) is 0 Å². The van der Waals surface area contributed by atoms with E-state index in [1.165, 1.54) is 6.07 Å². The van der Waals surface area contributed by atoms with E-state index in [1.54, 1.807) is 12.1 Å². The summed E-state index contributed by atoms with van der Waals surface area (Å²) in [5.41, 5.74) is 3.34. The Morgan fingerprint density at radius 3 is 2.71 bits per heavy atom. The van der Waals surface area contributed by atoms with Crippen LogP contribution in [0, 0.1) is 16.0 Å². The van der Waals surface area contributed by atoms with Crippen molar-refractivity contribution in [2.24, 2.45) is 5.92 Å². The largest absolute Gasteiger partial charge is 0.377 e. The van der Waals surface area contributed by atoms with E-state index in [-0.39, 0.29) is 29.5 Å². The molecule has 2 aliphatic heterocycles. The molecule has 0 radical (unpaired) electrons. The number of non-ortho nitro benzene ring substituents is 1. The zero-order valence-corrected chi connectivity index (χ0v) is 17.8. The Kier molecular flexibility index (Phi) is 5.18. The van der Waals surface area contributed by atoms with Gasteiger partial charge in [-0.25, -0.2) is 0 Å². The molecule has 1 saturated heterocycles. The number of likely N-dealkylation sites (tertiary alicyclic amines) is 1. The highest BCUT2D eigenvalue weighted by Gasteiger charge is 2.40. The molecule has 2 aromatic rings. The molecule has 0 aromatic heterocycles. The fourth-order valence-electron chi connectivity index (χ4n) is 5.26. The lowest BCUT2D eigenvalue weighted by atomic mass is 9.76. The number of amides is 1. The number of hydrogen-bond donors (Lipinski definition) is 1. The Morgan fingerprint density at radius 2 is 1.94 bits per heavy atom. The van der Waals surface area contributed by atoms with Crippen LogP contribution in [-0.2, 0) is 0 Å². The summed E-state index contributed by atoms with van der Waals surface area (Å²) in [6.45, 7) is 1.57. The predicted molar refractivity (Wildman–Crippen MR) is 121 cm³/mol. The lowest BCUT2D eigenvalue weighted by molar-refractivity contribution is -0.384. The molecule has 5 rings (SSSR count). The van der Waals surface area contributed by atoms with Crippen LogP contribution in [0.25, 0.3) is 0 Å². The minimum atomic E-state index is -0.397. The molecule has 0 saturated carbocycles. The zero-order valence-electron chi connectivity index (χ0n) is 17.1. The normalized spacial score (nSPS) is 24.3. The van der Waals surface area contributed by atoms with Gasteiger partial charge in [0.05, 0.1) is 22.2 Å². The summed E-state index contributed by atoms with van der Waals surface area (Å²) >= 11 is 6.52. The number of anilines is 1. The third-order valence-corrected chi connectivity index (χ3v) is 7.14. The maximum absolute atomic E-state index is 13.4. The maximum Gasteiger partial charge on any atom is 0.269 e. The molecule has 3 unspecified atom stereocenters. The summed E-state index contributed by atoms with van der Waals surface area (Å²) in [5.74, 6) is 0.381. The van der Waals surface area contributed by atoms with E-state index in [0.29, 0.717) is 16.1 Å². The molecule has 1 fully saturated rings. The lowest BCUT2D eigenvalue weighted by Gasteiger charge is -2.39. The van der Waals surface area contributed by atoms with Gasteiger partial charge in [-0.1, -0.05) is 35.9 Å². The first-order valence-corrected chi connectivity index (χ1v) is 11.2. The molecule has 160 valence electrons. The Balaban J connectivity index is 1.58. The maximum atomic E-state index is 13.4. The van der Waals surface area contributed by atoms with Crippen LogP contribution < -0.4 is 5.32 Å². The second-order valence-electron chi connectivity index (χ2n) is 8.56. The Morgan fingerprint density at radius 1 is 1.13 bits per heavy atom. The molecule has 3 aliphatic rings. The molecule has 2 aromatic carbocycles. The summed E-state index contributed by atoms with van der Waals surface area (Å²) in [7, 11) is 0. The SMILES string of the molecule is O=C(c1cccc2c1NC(c1cc([N+](=O)[O-])ccc1Cl)C1CC=CC21)N1CCCCC1. The van der Waals surface area contributed by atoms with Crippen LogP contribution in [0.15, 0.2) is 48.6 Å². The van der Waals surface area contributed by atoms with Gasteiger partial charge in [0.2, 0.25) is 0 Å². The van der Waals surface area contributed by atoms with Gasteiger partial charge in [-0.3, -0.25) is 14.9 Å². The number of benzene rings is 2. The highest BCUT2D eigenvalue weighted by molar-refractivity contribution is 6.31. The minimum Gasteiger partial charge on any atom is -0.377 e. The predicted octanol–water partition coefficient (Wildman–Crippen LogP) is 5.70. The van der Waals surface area contributed by atoms with Crippen molar-refractivity contribution in [1.29, 1.82) is 0 Å². The second-order valence-corrected chi connectivity index (χ2v) is 8.97. The van der Waals surface area contributed by atoms with Crippen LogP contribution in [0.2, 0.25) is 5.02 Å². The molecule has 0 spiro atoms. The number of nitro groups is 1. The number of nitrogens with zero attached hydrogens (tertiary/aromatic N) is 2. The van der Waals surface area contributed by atoms with E-state index in [1.807, 2.05) is 17.0 Å². The van der Waals surface area contributed by atoms with E-state index in [9.17, 15) is 14.9 Å². The van der Waals surface area contributed by atoms with E-state index in [2.05, 4.69) is 23.5 Å².